The Hall–Kier alpha value is 0.610. The standard InChI is InChI=1S/C11H21IN2O/c1-9(2)15-11-3-5-13(6-4-11)10-7-14(12)8-10/h9-11H,3-8H2,1-2H3. The van der Waals surface area contributed by atoms with E-state index >= 15 is 0 Å². The normalized spacial score (nSPS) is 27.2. The molecule has 2 fully saturated rings. The van der Waals surface area contributed by atoms with Gasteiger partial charge in [-0.05, 0) is 26.7 Å². The maximum atomic E-state index is 5.85. The third-order valence-corrected chi connectivity index (χ3v) is 4.06. The Labute approximate surface area is 107 Å². The van der Waals surface area contributed by atoms with E-state index in [1.54, 1.807) is 0 Å². The van der Waals surface area contributed by atoms with E-state index in [1.165, 1.54) is 39.0 Å². The summed E-state index contributed by atoms with van der Waals surface area (Å²) in [5.41, 5.74) is 0. The molecule has 0 saturated carbocycles. The van der Waals surface area contributed by atoms with E-state index in [9.17, 15) is 0 Å². The predicted molar refractivity (Wildman–Crippen MR) is 70.2 cm³/mol. The van der Waals surface area contributed by atoms with Crippen LogP contribution in [0, 0.1) is 0 Å². The fourth-order valence-corrected chi connectivity index (χ4v) is 3.31. The first-order chi connectivity index (χ1) is 7.15. The summed E-state index contributed by atoms with van der Waals surface area (Å²) in [4.78, 5) is 2.63. The van der Waals surface area contributed by atoms with Crippen molar-refractivity contribution in [3.8, 4) is 0 Å². The third kappa shape index (κ3) is 3.28. The van der Waals surface area contributed by atoms with Gasteiger partial charge in [-0.2, -0.15) is 0 Å². The molecular formula is C11H21IN2O. The molecule has 2 rings (SSSR count). The Morgan fingerprint density at radius 2 is 1.80 bits per heavy atom. The van der Waals surface area contributed by atoms with E-state index in [0.29, 0.717) is 12.2 Å². The smallest absolute Gasteiger partial charge is 0.0603 e. The number of hydrogen-bond acceptors (Lipinski definition) is 3. The molecule has 0 aromatic carbocycles. The Morgan fingerprint density at radius 1 is 1.20 bits per heavy atom. The van der Waals surface area contributed by atoms with Crippen molar-refractivity contribution in [2.24, 2.45) is 0 Å². The van der Waals surface area contributed by atoms with Crippen LogP contribution < -0.4 is 0 Å². The van der Waals surface area contributed by atoms with Gasteiger partial charge in [-0.25, -0.2) is 3.11 Å². The minimum absolute atomic E-state index is 0.384. The number of piperidine rings is 1. The van der Waals surface area contributed by atoms with Crippen LogP contribution in [0.2, 0.25) is 0 Å². The summed E-state index contributed by atoms with van der Waals surface area (Å²) < 4.78 is 8.21. The molecular weight excluding hydrogens is 303 g/mol. The highest BCUT2D eigenvalue weighted by Gasteiger charge is 2.32. The van der Waals surface area contributed by atoms with Crippen LogP contribution in [0.5, 0.6) is 0 Å². The lowest BCUT2D eigenvalue weighted by atomic mass is 10.0. The molecule has 2 heterocycles. The van der Waals surface area contributed by atoms with Gasteiger partial charge in [0.2, 0.25) is 0 Å². The highest BCUT2D eigenvalue weighted by Crippen LogP contribution is 2.23. The molecule has 0 unspecified atom stereocenters. The molecule has 0 radical (unpaired) electrons. The van der Waals surface area contributed by atoms with E-state index < -0.39 is 0 Å². The van der Waals surface area contributed by atoms with Crippen molar-refractivity contribution in [2.75, 3.05) is 26.2 Å². The first-order valence-corrected chi connectivity index (χ1v) is 6.92. The topological polar surface area (TPSA) is 15.7 Å². The van der Waals surface area contributed by atoms with E-state index in [-0.39, 0.29) is 0 Å². The van der Waals surface area contributed by atoms with Crippen molar-refractivity contribution < 1.29 is 4.74 Å². The van der Waals surface area contributed by atoms with Crippen molar-refractivity contribution in [1.29, 1.82) is 0 Å². The molecule has 0 amide bonds. The molecule has 2 saturated heterocycles. The van der Waals surface area contributed by atoms with E-state index in [2.05, 4.69) is 44.7 Å². The number of halogens is 1. The summed E-state index contributed by atoms with van der Waals surface area (Å²) in [5.74, 6) is 0. The van der Waals surface area contributed by atoms with Gasteiger partial charge in [0.25, 0.3) is 0 Å². The lowest BCUT2D eigenvalue weighted by Crippen LogP contribution is -2.57. The Bertz CT molecular complexity index is 199. The van der Waals surface area contributed by atoms with Crippen molar-refractivity contribution in [3.63, 3.8) is 0 Å². The van der Waals surface area contributed by atoms with Gasteiger partial charge in [0.15, 0.2) is 0 Å². The van der Waals surface area contributed by atoms with Crippen LogP contribution in [-0.2, 0) is 4.74 Å². The monoisotopic (exact) mass is 324 g/mol. The van der Waals surface area contributed by atoms with Gasteiger partial charge in [0.1, 0.15) is 0 Å². The van der Waals surface area contributed by atoms with E-state index in [0.717, 1.165) is 6.04 Å². The first-order valence-electron chi connectivity index (χ1n) is 5.95. The number of likely N-dealkylation sites (tertiary alicyclic amines) is 1. The van der Waals surface area contributed by atoms with Gasteiger partial charge >= 0.3 is 0 Å². The molecule has 4 heteroatoms. The maximum Gasteiger partial charge on any atom is 0.0603 e. The van der Waals surface area contributed by atoms with Gasteiger partial charge in [-0.15, -0.1) is 0 Å². The highest BCUT2D eigenvalue weighted by molar-refractivity contribution is 14.1. The zero-order valence-electron chi connectivity index (χ0n) is 9.66. The summed E-state index contributed by atoms with van der Waals surface area (Å²) in [6.45, 7) is 9.21. The zero-order valence-corrected chi connectivity index (χ0v) is 11.8. The maximum absolute atomic E-state index is 5.85. The number of nitrogens with zero attached hydrogens (tertiary/aromatic N) is 2. The van der Waals surface area contributed by atoms with Crippen molar-refractivity contribution >= 4 is 22.9 Å². The van der Waals surface area contributed by atoms with E-state index in [4.69, 9.17) is 4.74 Å². The van der Waals surface area contributed by atoms with Gasteiger partial charge in [-0.1, -0.05) is 0 Å². The minimum atomic E-state index is 0.384. The van der Waals surface area contributed by atoms with Crippen LogP contribution in [-0.4, -0.2) is 52.4 Å². The molecule has 0 aromatic rings. The van der Waals surface area contributed by atoms with Crippen molar-refractivity contribution in [1.82, 2.24) is 8.01 Å². The Morgan fingerprint density at radius 3 is 2.27 bits per heavy atom. The Kier molecular flexibility index (Phi) is 4.26. The average molecular weight is 324 g/mol. The zero-order chi connectivity index (χ0) is 10.8. The predicted octanol–water partition coefficient (Wildman–Crippen LogP) is 1.91. The summed E-state index contributed by atoms with van der Waals surface area (Å²) in [6, 6.07) is 0.821. The largest absolute Gasteiger partial charge is 0.375 e. The molecule has 0 N–H and O–H groups in total. The lowest BCUT2D eigenvalue weighted by molar-refractivity contribution is -0.0407. The van der Waals surface area contributed by atoms with Gasteiger partial charge in [0.05, 0.1) is 12.2 Å². The van der Waals surface area contributed by atoms with Crippen molar-refractivity contribution in [2.45, 2.75) is 44.9 Å². The van der Waals surface area contributed by atoms with Crippen LogP contribution in [0.15, 0.2) is 0 Å². The molecule has 0 aliphatic carbocycles. The molecule has 88 valence electrons. The summed E-state index contributed by atoms with van der Waals surface area (Å²) in [7, 11) is 0. The second-order valence-corrected chi connectivity index (χ2v) is 6.27. The van der Waals surface area contributed by atoms with E-state index in [1.807, 2.05) is 0 Å². The molecule has 0 spiro atoms. The van der Waals surface area contributed by atoms with Gasteiger partial charge in [-0.3, -0.25) is 4.90 Å². The van der Waals surface area contributed by atoms with Gasteiger partial charge < -0.3 is 4.74 Å². The third-order valence-electron chi connectivity index (χ3n) is 3.28. The van der Waals surface area contributed by atoms with Gasteiger partial charge in [0, 0.05) is 55.1 Å². The Balaban J connectivity index is 1.68. The SMILES string of the molecule is CC(C)OC1CCN(C2CN(I)C2)CC1. The highest BCUT2D eigenvalue weighted by atomic mass is 127. The molecule has 3 nitrogen and oxygen atoms in total. The summed E-state index contributed by atoms with van der Waals surface area (Å²) in [6.07, 6.45) is 3.33. The molecule has 0 bridgehead atoms. The fraction of sp³-hybridized carbons (Fsp3) is 1.00. The number of ether oxygens (including phenoxy) is 1. The van der Waals surface area contributed by atoms with Crippen LogP contribution in [0.4, 0.5) is 0 Å². The molecule has 2 aliphatic rings. The van der Waals surface area contributed by atoms with Crippen molar-refractivity contribution in [3.05, 3.63) is 0 Å². The van der Waals surface area contributed by atoms with Crippen LogP contribution in [0.25, 0.3) is 0 Å². The van der Waals surface area contributed by atoms with Crippen LogP contribution >= 0.6 is 22.9 Å². The molecule has 0 atom stereocenters. The van der Waals surface area contributed by atoms with Crippen LogP contribution in [0.1, 0.15) is 26.7 Å². The summed E-state index contributed by atoms with van der Waals surface area (Å²) in [5, 5.41) is 0. The minimum Gasteiger partial charge on any atom is -0.375 e. The second kappa shape index (κ2) is 5.29. The first kappa shape index (κ1) is 12.1. The molecule has 15 heavy (non-hydrogen) atoms. The second-order valence-electron chi connectivity index (χ2n) is 4.90. The molecule has 2 aliphatic heterocycles. The number of rotatable bonds is 3. The lowest BCUT2D eigenvalue weighted by Gasteiger charge is -2.45. The fourth-order valence-electron chi connectivity index (χ4n) is 2.40. The van der Waals surface area contributed by atoms with Crippen LogP contribution in [0.3, 0.4) is 0 Å². The number of hydrogen-bond donors (Lipinski definition) is 0. The average Bonchev–Trinajstić information content (AvgIpc) is 2.14. The molecule has 0 aromatic heterocycles. The quantitative estimate of drug-likeness (QED) is 0.583. The summed E-state index contributed by atoms with van der Waals surface area (Å²) >= 11 is 2.41.